The molecule has 3 heterocycles. The van der Waals surface area contributed by atoms with Gasteiger partial charge in [-0.05, 0) is 90.9 Å². The molecule has 1 aliphatic carbocycles. The van der Waals surface area contributed by atoms with Gasteiger partial charge < -0.3 is 20.4 Å². The van der Waals surface area contributed by atoms with E-state index in [1.807, 2.05) is 49.9 Å². The predicted molar refractivity (Wildman–Crippen MR) is 165 cm³/mol. The summed E-state index contributed by atoms with van der Waals surface area (Å²) in [7, 11) is 0. The quantitative estimate of drug-likeness (QED) is 0.372. The van der Waals surface area contributed by atoms with Crippen LogP contribution in [0.3, 0.4) is 0 Å². The van der Waals surface area contributed by atoms with Crippen LogP contribution in [0.2, 0.25) is 5.02 Å². The van der Waals surface area contributed by atoms with Crippen molar-refractivity contribution in [3.8, 4) is 0 Å². The molecule has 2 atom stereocenters. The minimum Gasteiger partial charge on any atom is -0.444 e. The van der Waals surface area contributed by atoms with Gasteiger partial charge in [-0.3, -0.25) is 19.6 Å². The summed E-state index contributed by atoms with van der Waals surface area (Å²) in [6.07, 6.45) is 7.11. The third kappa shape index (κ3) is 6.90. The van der Waals surface area contributed by atoms with Crippen molar-refractivity contribution in [1.82, 2.24) is 29.7 Å². The highest BCUT2D eigenvalue weighted by atomic mass is 79.9. The Hall–Kier alpha value is -3.15. The molecule has 1 fully saturated rings. The third-order valence-corrected chi connectivity index (χ3v) is 8.29. The van der Waals surface area contributed by atoms with Gasteiger partial charge in [0.15, 0.2) is 5.95 Å². The molecule has 0 radical (unpaired) electrons. The number of amides is 2. The number of piperazine rings is 1. The Balaban J connectivity index is 1.41. The predicted octanol–water partition coefficient (Wildman–Crippen LogP) is 4.59. The summed E-state index contributed by atoms with van der Waals surface area (Å²) < 4.78 is 8.47. The maximum absolute atomic E-state index is 13.7. The number of aryl methyl sites for hydroxylation is 3. The fourth-order valence-electron chi connectivity index (χ4n) is 5.69. The van der Waals surface area contributed by atoms with Crippen molar-refractivity contribution in [1.29, 1.82) is 0 Å². The van der Waals surface area contributed by atoms with Crippen molar-refractivity contribution in [3.63, 3.8) is 0 Å². The van der Waals surface area contributed by atoms with Gasteiger partial charge in [0, 0.05) is 60.8 Å². The monoisotopic (exact) mass is 657 g/mol. The van der Waals surface area contributed by atoms with Crippen molar-refractivity contribution < 1.29 is 14.3 Å². The fourth-order valence-corrected chi connectivity index (χ4v) is 6.27. The number of hydrogen-bond donors (Lipinski definition) is 2. The van der Waals surface area contributed by atoms with Gasteiger partial charge in [0.2, 0.25) is 5.91 Å². The van der Waals surface area contributed by atoms with Crippen LogP contribution in [0, 0.1) is 0 Å². The van der Waals surface area contributed by atoms with Crippen molar-refractivity contribution in [2.75, 3.05) is 31.9 Å². The van der Waals surface area contributed by atoms with Gasteiger partial charge in [-0.2, -0.15) is 0 Å². The topological polar surface area (TPSA) is 119 Å². The number of hydrogen-bond acceptors (Lipinski definition) is 7. The molecule has 3 N–H and O–H groups in total. The fraction of sp³-hybridized carbons (Fsp3) is 0.467. The number of carbonyl (C=O) groups is 2. The molecule has 1 aliphatic heterocycles. The van der Waals surface area contributed by atoms with E-state index in [4.69, 9.17) is 27.1 Å². The number of nitrogens with zero attached hydrogens (tertiary/aromatic N) is 5. The number of fused-ring (bicyclic) bond motifs is 2. The Kier molecular flexibility index (Phi) is 9.10. The summed E-state index contributed by atoms with van der Waals surface area (Å²) in [5, 5.41) is 3.73. The normalized spacial score (nSPS) is 19.0. The first-order valence-corrected chi connectivity index (χ1v) is 15.4. The number of rotatable bonds is 6. The summed E-state index contributed by atoms with van der Waals surface area (Å²) in [5.41, 5.74) is 9.58. The number of aromatic nitrogens is 3. The first-order chi connectivity index (χ1) is 20.0. The second-order valence-corrected chi connectivity index (χ2v) is 13.1. The molecule has 224 valence electrons. The summed E-state index contributed by atoms with van der Waals surface area (Å²) in [6.45, 7) is 7.74. The van der Waals surface area contributed by atoms with E-state index in [2.05, 4.69) is 43.3 Å². The van der Waals surface area contributed by atoms with Gasteiger partial charge in [-0.1, -0.05) is 17.7 Å². The molecule has 0 saturated carbocycles. The average molecular weight is 659 g/mol. The molecule has 12 heteroatoms. The lowest BCUT2D eigenvalue weighted by atomic mass is 9.95. The Bertz CT molecular complexity index is 1400. The smallest absolute Gasteiger partial charge is 0.411 e. The molecule has 10 nitrogen and oxygen atoms in total. The molecule has 2 aliphatic rings. The lowest BCUT2D eigenvalue weighted by molar-refractivity contribution is -0.129. The van der Waals surface area contributed by atoms with Gasteiger partial charge in [-0.15, -0.1) is 0 Å². The van der Waals surface area contributed by atoms with Crippen molar-refractivity contribution in [2.45, 2.75) is 64.3 Å². The standard InChI is InChI=1S/C30H37BrClN7O3/c1-30(2,3)42-29(41)39-14-13-38(18-24(39)27(40)34-9-4-11-37-12-10-35-28(37)33)26-23-8-7-22(32)16-19(23)5-6-20-15-21(31)17-36-25(20)26/h7-8,10,12,15-17,24,26H,4-6,9,11,13-14,18H2,1-3H3,(H2,33,35)(H,34,40)/t24-,26?/m1/s1. The SMILES string of the molecule is CC(C)(C)OC(=O)N1CCN(C2c3ccc(Cl)cc3CCc3cc(Br)cnc32)C[C@@H]1C(=O)NCCCn1ccnc1N. The van der Waals surface area contributed by atoms with Crippen LogP contribution in [0.1, 0.15) is 55.6 Å². The highest BCUT2D eigenvalue weighted by molar-refractivity contribution is 9.10. The molecule has 5 rings (SSSR count). The average Bonchev–Trinajstić information content (AvgIpc) is 3.27. The minimum absolute atomic E-state index is 0.192. The summed E-state index contributed by atoms with van der Waals surface area (Å²) in [5.74, 6) is 0.212. The number of pyridine rings is 1. The zero-order valence-electron chi connectivity index (χ0n) is 24.1. The Morgan fingerprint density at radius 2 is 1.95 bits per heavy atom. The number of carbonyl (C=O) groups excluding carboxylic acids is 2. The Morgan fingerprint density at radius 3 is 2.69 bits per heavy atom. The number of imidazole rings is 1. The molecule has 1 saturated heterocycles. The molecule has 42 heavy (non-hydrogen) atoms. The van der Waals surface area contributed by atoms with Crippen LogP contribution in [0.5, 0.6) is 0 Å². The number of halogens is 2. The number of anilines is 1. The summed E-state index contributed by atoms with van der Waals surface area (Å²) in [4.78, 5) is 39.8. The molecule has 1 aromatic carbocycles. The van der Waals surface area contributed by atoms with Crippen molar-refractivity contribution in [3.05, 3.63) is 74.7 Å². The van der Waals surface area contributed by atoms with Crippen LogP contribution < -0.4 is 11.1 Å². The Labute approximate surface area is 259 Å². The maximum atomic E-state index is 13.7. The number of ether oxygens (including phenoxy) is 1. The second-order valence-electron chi connectivity index (χ2n) is 11.8. The molecule has 2 aromatic heterocycles. The van der Waals surface area contributed by atoms with E-state index in [0.29, 0.717) is 50.1 Å². The molecule has 1 unspecified atom stereocenters. The zero-order valence-corrected chi connectivity index (χ0v) is 26.5. The van der Waals surface area contributed by atoms with E-state index < -0.39 is 17.7 Å². The van der Waals surface area contributed by atoms with Crippen LogP contribution in [-0.4, -0.2) is 74.2 Å². The summed E-state index contributed by atoms with van der Waals surface area (Å²) in [6, 6.07) is 7.19. The van der Waals surface area contributed by atoms with E-state index in [9.17, 15) is 9.59 Å². The molecule has 0 bridgehead atoms. The van der Waals surface area contributed by atoms with Gasteiger partial charge in [0.05, 0.1) is 11.7 Å². The highest BCUT2D eigenvalue weighted by Gasteiger charge is 2.41. The van der Waals surface area contributed by atoms with Gasteiger partial charge in [0.25, 0.3) is 0 Å². The number of nitrogen functional groups attached to an aromatic ring is 1. The van der Waals surface area contributed by atoms with E-state index in [-0.39, 0.29) is 11.9 Å². The molecule has 2 amide bonds. The number of nitrogens with one attached hydrogen (secondary N) is 1. The zero-order chi connectivity index (χ0) is 30.0. The molecular formula is C30H37BrClN7O3. The van der Waals surface area contributed by atoms with Crippen LogP contribution in [-0.2, 0) is 28.9 Å². The van der Waals surface area contributed by atoms with E-state index in [1.165, 1.54) is 0 Å². The van der Waals surface area contributed by atoms with E-state index >= 15 is 0 Å². The van der Waals surface area contributed by atoms with Crippen molar-refractivity contribution >= 4 is 45.5 Å². The van der Waals surface area contributed by atoms with Crippen LogP contribution in [0.25, 0.3) is 0 Å². The number of benzene rings is 1. The minimum atomic E-state index is -0.746. The largest absolute Gasteiger partial charge is 0.444 e. The van der Waals surface area contributed by atoms with Gasteiger partial charge in [0.1, 0.15) is 11.6 Å². The van der Waals surface area contributed by atoms with Gasteiger partial charge >= 0.3 is 6.09 Å². The van der Waals surface area contributed by atoms with Crippen LogP contribution in [0.4, 0.5) is 10.7 Å². The number of nitrogens with two attached hydrogens (primary N) is 1. The molecule has 3 aromatic rings. The first-order valence-electron chi connectivity index (χ1n) is 14.2. The lowest BCUT2D eigenvalue weighted by Gasteiger charge is -2.44. The molecule has 0 spiro atoms. The molecular weight excluding hydrogens is 622 g/mol. The highest BCUT2D eigenvalue weighted by Crippen LogP contribution is 2.38. The Morgan fingerprint density at radius 1 is 1.17 bits per heavy atom. The third-order valence-electron chi connectivity index (χ3n) is 7.62. The van der Waals surface area contributed by atoms with E-state index in [0.717, 1.165) is 39.7 Å². The lowest BCUT2D eigenvalue weighted by Crippen LogP contribution is -2.61. The van der Waals surface area contributed by atoms with Crippen LogP contribution >= 0.6 is 27.5 Å². The van der Waals surface area contributed by atoms with Crippen LogP contribution in [0.15, 0.2) is 47.3 Å². The second kappa shape index (κ2) is 12.6. The van der Waals surface area contributed by atoms with Crippen molar-refractivity contribution in [2.24, 2.45) is 0 Å². The summed E-state index contributed by atoms with van der Waals surface area (Å²) >= 11 is 9.99. The maximum Gasteiger partial charge on any atom is 0.411 e. The van der Waals surface area contributed by atoms with E-state index in [1.54, 1.807) is 11.1 Å². The van der Waals surface area contributed by atoms with Gasteiger partial charge in [-0.25, -0.2) is 9.78 Å². The first kappa shape index (κ1) is 30.3.